The van der Waals surface area contributed by atoms with Gasteiger partial charge in [0.25, 0.3) is 0 Å². The van der Waals surface area contributed by atoms with Crippen molar-refractivity contribution in [1.82, 2.24) is 9.80 Å². The summed E-state index contributed by atoms with van der Waals surface area (Å²) in [6, 6.07) is 9.76. The Kier molecular flexibility index (Phi) is 7.02. The van der Waals surface area contributed by atoms with Crippen LogP contribution in [0.1, 0.15) is 30.9 Å². The van der Waals surface area contributed by atoms with Crippen LogP contribution < -0.4 is 5.73 Å². The van der Waals surface area contributed by atoms with Gasteiger partial charge in [0.15, 0.2) is 0 Å². The first kappa shape index (κ1) is 17.9. The summed E-state index contributed by atoms with van der Waals surface area (Å²) >= 11 is 0. The summed E-state index contributed by atoms with van der Waals surface area (Å²) in [6.45, 7) is 2.92. The van der Waals surface area contributed by atoms with E-state index in [2.05, 4.69) is 0 Å². The largest absolute Gasteiger partial charge is 0.378 e. The van der Waals surface area contributed by atoms with Crippen molar-refractivity contribution in [3.05, 3.63) is 35.9 Å². The Labute approximate surface area is 139 Å². The predicted octanol–water partition coefficient (Wildman–Crippen LogP) is 1.65. The number of hydrogen-bond donors (Lipinski definition) is 1. The normalized spacial score (nSPS) is 17.5. The summed E-state index contributed by atoms with van der Waals surface area (Å²) in [5.74, 6) is 0.182. The molecule has 0 spiro atoms. The molecule has 1 amide bonds. The third-order valence-electron chi connectivity index (χ3n) is 4.32. The number of benzene rings is 1. The van der Waals surface area contributed by atoms with E-state index in [0.29, 0.717) is 6.54 Å². The van der Waals surface area contributed by atoms with Crippen molar-refractivity contribution < 1.29 is 9.53 Å². The maximum atomic E-state index is 12.9. The van der Waals surface area contributed by atoms with Gasteiger partial charge < -0.3 is 15.4 Å². The average molecular weight is 319 g/mol. The molecule has 1 saturated heterocycles. The minimum atomic E-state index is -0.217. The number of ether oxygens (including phenoxy) is 1. The molecule has 5 nitrogen and oxygen atoms in total. The van der Waals surface area contributed by atoms with Crippen LogP contribution >= 0.6 is 0 Å². The number of nitrogens with zero attached hydrogens (tertiary/aromatic N) is 2. The smallest absolute Gasteiger partial charge is 0.244 e. The Bertz CT molecular complexity index is 470. The quantitative estimate of drug-likeness (QED) is 0.776. The Morgan fingerprint density at radius 2 is 1.96 bits per heavy atom. The highest BCUT2D eigenvalue weighted by atomic mass is 16.5. The van der Waals surface area contributed by atoms with Gasteiger partial charge in [0.05, 0.1) is 6.10 Å². The molecule has 128 valence electrons. The Balaban J connectivity index is 1.92. The van der Waals surface area contributed by atoms with Crippen molar-refractivity contribution in [3.63, 3.8) is 0 Å². The van der Waals surface area contributed by atoms with Crippen molar-refractivity contribution in [2.24, 2.45) is 5.73 Å². The van der Waals surface area contributed by atoms with E-state index in [9.17, 15) is 4.79 Å². The number of likely N-dealkylation sites (N-methyl/N-ethyl adjacent to an activating group) is 1. The highest BCUT2D eigenvalue weighted by molar-refractivity contribution is 5.83. The summed E-state index contributed by atoms with van der Waals surface area (Å²) in [6.07, 6.45) is 2.98. The second-order valence-electron chi connectivity index (χ2n) is 6.31. The molecule has 1 atom stereocenters. The van der Waals surface area contributed by atoms with Gasteiger partial charge in [-0.2, -0.15) is 0 Å². The maximum Gasteiger partial charge on any atom is 0.244 e. The third-order valence-corrected chi connectivity index (χ3v) is 4.32. The fourth-order valence-electron chi connectivity index (χ4n) is 3.05. The van der Waals surface area contributed by atoms with Gasteiger partial charge in [-0.25, -0.2) is 0 Å². The van der Waals surface area contributed by atoms with E-state index in [1.807, 2.05) is 54.2 Å². The van der Waals surface area contributed by atoms with Crippen LogP contribution in [-0.4, -0.2) is 62.1 Å². The van der Waals surface area contributed by atoms with Gasteiger partial charge >= 0.3 is 0 Å². The SMILES string of the molecule is CN(C)C(C(=O)N1CCC(OCCCN)CC1)c1ccccc1. The summed E-state index contributed by atoms with van der Waals surface area (Å²) in [4.78, 5) is 16.9. The fraction of sp³-hybridized carbons (Fsp3) is 0.611. The summed E-state index contributed by atoms with van der Waals surface area (Å²) < 4.78 is 5.82. The molecule has 1 unspecified atom stereocenters. The van der Waals surface area contributed by atoms with E-state index in [4.69, 9.17) is 10.5 Å². The summed E-state index contributed by atoms with van der Waals surface area (Å²) in [7, 11) is 3.91. The van der Waals surface area contributed by atoms with Gasteiger partial charge in [-0.3, -0.25) is 9.69 Å². The zero-order valence-corrected chi connectivity index (χ0v) is 14.3. The van der Waals surface area contributed by atoms with Gasteiger partial charge in [0.2, 0.25) is 5.91 Å². The highest BCUT2D eigenvalue weighted by Gasteiger charge is 2.30. The zero-order chi connectivity index (χ0) is 16.7. The van der Waals surface area contributed by atoms with Crippen molar-refractivity contribution in [2.75, 3.05) is 40.3 Å². The lowest BCUT2D eigenvalue weighted by atomic mass is 10.0. The molecule has 5 heteroatoms. The Hall–Kier alpha value is -1.43. The zero-order valence-electron chi connectivity index (χ0n) is 14.3. The molecule has 1 aromatic carbocycles. The van der Waals surface area contributed by atoms with Crippen LogP contribution in [0, 0.1) is 0 Å². The molecule has 0 saturated carbocycles. The van der Waals surface area contributed by atoms with E-state index in [-0.39, 0.29) is 18.1 Å². The monoisotopic (exact) mass is 319 g/mol. The van der Waals surface area contributed by atoms with Crippen LogP contribution in [0.25, 0.3) is 0 Å². The third kappa shape index (κ3) is 5.03. The lowest BCUT2D eigenvalue weighted by molar-refractivity contribution is -0.139. The summed E-state index contributed by atoms with van der Waals surface area (Å²) in [5.41, 5.74) is 6.53. The van der Waals surface area contributed by atoms with E-state index < -0.39 is 0 Å². The number of amides is 1. The van der Waals surface area contributed by atoms with Crippen LogP contribution in [0.4, 0.5) is 0 Å². The predicted molar refractivity (Wildman–Crippen MR) is 92.1 cm³/mol. The highest BCUT2D eigenvalue weighted by Crippen LogP contribution is 2.23. The first-order chi connectivity index (χ1) is 11.1. The fourth-order valence-corrected chi connectivity index (χ4v) is 3.05. The minimum Gasteiger partial charge on any atom is -0.378 e. The molecule has 0 radical (unpaired) electrons. The molecule has 2 rings (SSSR count). The average Bonchev–Trinajstić information content (AvgIpc) is 2.56. The van der Waals surface area contributed by atoms with Gasteiger partial charge in [0.1, 0.15) is 6.04 Å². The molecule has 1 aliphatic rings. The topological polar surface area (TPSA) is 58.8 Å². The first-order valence-corrected chi connectivity index (χ1v) is 8.45. The van der Waals surface area contributed by atoms with E-state index in [1.165, 1.54) is 0 Å². The molecule has 0 bridgehead atoms. The number of nitrogens with two attached hydrogens (primary N) is 1. The number of hydrogen-bond acceptors (Lipinski definition) is 4. The maximum absolute atomic E-state index is 12.9. The minimum absolute atomic E-state index is 0.182. The number of carbonyl (C=O) groups excluding carboxylic acids is 1. The van der Waals surface area contributed by atoms with E-state index >= 15 is 0 Å². The number of rotatable bonds is 7. The molecular formula is C18H29N3O2. The van der Waals surface area contributed by atoms with Crippen molar-refractivity contribution >= 4 is 5.91 Å². The Morgan fingerprint density at radius 3 is 2.52 bits per heavy atom. The molecule has 1 heterocycles. The van der Waals surface area contributed by atoms with Crippen LogP contribution in [0.5, 0.6) is 0 Å². The number of likely N-dealkylation sites (tertiary alicyclic amines) is 1. The second-order valence-corrected chi connectivity index (χ2v) is 6.31. The molecule has 2 N–H and O–H groups in total. The molecule has 0 aliphatic carbocycles. The van der Waals surface area contributed by atoms with E-state index in [0.717, 1.165) is 44.5 Å². The number of piperidine rings is 1. The standard InChI is InChI=1S/C18H29N3O2/c1-20(2)17(15-7-4-3-5-8-15)18(22)21-12-9-16(10-13-21)23-14-6-11-19/h3-5,7-8,16-17H,6,9-14,19H2,1-2H3. The molecule has 1 aliphatic heterocycles. The van der Waals surface area contributed by atoms with Crippen LogP contribution in [0.3, 0.4) is 0 Å². The van der Waals surface area contributed by atoms with Gasteiger partial charge in [-0.05, 0) is 45.5 Å². The molecule has 23 heavy (non-hydrogen) atoms. The van der Waals surface area contributed by atoms with Crippen molar-refractivity contribution in [1.29, 1.82) is 0 Å². The molecule has 1 fully saturated rings. The van der Waals surface area contributed by atoms with Crippen LogP contribution in [0.2, 0.25) is 0 Å². The van der Waals surface area contributed by atoms with Crippen LogP contribution in [-0.2, 0) is 9.53 Å². The van der Waals surface area contributed by atoms with Gasteiger partial charge in [-0.15, -0.1) is 0 Å². The van der Waals surface area contributed by atoms with Crippen molar-refractivity contribution in [2.45, 2.75) is 31.4 Å². The Morgan fingerprint density at radius 1 is 1.30 bits per heavy atom. The van der Waals surface area contributed by atoms with Crippen LogP contribution in [0.15, 0.2) is 30.3 Å². The van der Waals surface area contributed by atoms with Gasteiger partial charge in [0, 0.05) is 19.7 Å². The summed E-state index contributed by atoms with van der Waals surface area (Å²) in [5, 5.41) is 0. The number of carbonyl (C=O) groups is 1. The molecule has 1 aromatic rings. The van der Waals surface area contributed by atoms with Crippen molar-refractivity contribution in [3.8, 4) is 0 Å². The first-order valence-electron chi connectivity index (χ1n) is 8.45. The second kappa shape index (κ2) is 9.01. The van der Waals surface area contributed by atoms with Gasteiger partial charge in [-0.1, -0.05) is 30.3 Å². The molecular weight excluding hydrogens is 290 g/mol. The lowest BCUT2D eigenvalue weighted by Gasteiger charge is -2.36. The van der Waals surface area contributed by atoms with E-state index in [1.54, 1.807) is 0 Å². The molecule has 0 aromatic heterocycles. The lowest BCUT2D eigenvalue weighted by Crippen LogP contribution is -2.46.